The first-order valence-electron chi connectivity index (χ1n) is 10.7. The monoisotopic (exact) mass is 386 g/mol. The van der Waals surface area contributed by atoms with Gasteiger partial charge in [0, 0.05) is 24.0 Å². The Balaban J connectivity index is 1.73. The van der Waals surface area contributed by atoms with Crippen LogP contribution < -0.4 is 5.56 Å². The molecule has 0 unspecified atom stereocenters. The summed E-state index contributed by atoms with van der Waals surface area (Å²) in [5.74, 6) is 0.525. The van der Waals surface area contributed by atoms with Gasteiger partial charge >= 0.3 is 0 Å². The van der Waals surface area contributed by atoms with E-state index < -0.39 is 0 Å². The lowest BCUT2D eigenvalue weighted by molar-refractivity contribution is 0.253. The number of nitrogens with zero attached hydrogens (tertiary/aromatic N) is 4. The lowest BCUT2D eigenvalue weighted by Gasteiger charge is -2.30. The highest BCUT2D eigenvalue weighted by molar-refractivity contribution is 5.86. The van der Waals surface area contributed by atoms with Gasteiger partial charge in [-0.25, -0.2) is 9.50 Å². The summed E-state index contributed by atoms with van der Waals surface area (Å²) in [4.78, 5) is 18.0. The van der Waals surface area contributed by atoms with Crippen molar-refractivity contribution in [2.24, 2.45) is 5.92 Å². The molecular formula is C24H26N4O. The molecule has 2 atom stereocenters. The number of pyridine rings is 1. The highest BCUT2D eigenvalue weighted by atomic mass is 16.1. The van der Waals surface area contributed by atoms with Crippen LogP contribution in [0.4, 0.5) is 0 Å². The predicted octanol–water partition coefficient (Wildman–Crippen LogP) is 5.02. The van der Waals surface area contributed by atoms with Crippen molar-refractivity contribution in [1.82, 2.24) is 19.2 Å². The topological polar surface area (TPSA) is 52.2 Å². The first-order chi connectivity index (χ1) is 14.2. The molecule has 1 aliphatic rings. The molecule has 4 aromatic rings. The lowest BCUT2D eigenvalue weighted by atomic mass is 9.85. The van der Waals surface area contributed by atoms with Gasteiger partial charge in [-0.05, 0) is 36.8 Å². The summed E-state index contributed by atoms with van der Waals surface area (Å²) in [6.45, 7) is 4.36. The Morgan fingerprint density at radius 1 is 1.10 bits per heavy atom. The quantitative estimate of drug-likeness (QED) is 0.496. The van der Waals surface area contributed by atoms with Crippen LogP contribution in [0.3, 0.4) is 0 Å². The van der Waals surface area contributed by atoms with Crippen LogP contribution in [0, 0.1) is 5.92 Å². The van der Waals surface area contributed by atoms with Gasteiger partial charge in [0.25, 0.3) is 5.56 Å². The molecule has 1 fully saturated rings. The summed E-state index contributed by atoms with van der Waals surface area (Å²) in [5.41, 5.74) is 4.85. The fourth-order valence-corrected chi connectivity index (χ4v) is 4.85. The van der Waals surface area contributed by atoms with E-state index >= 15 is 0 Å². The molecule has 1 saturated carbocycles. The first kappa shape index (κ1) is 18.1. The van der Waals surface area contributed by atoms with Crippen molar-refractivity contribution >= 4 is 16.6 Å². The molecule has 0 amide bonds. The van der Waals surface area contributed by atoms with Crippen molar-refractivity contribution in [1.29, 1.82) is 0 Å². The minimum atomic E-state index is 0.0467. The van der Waals surface area contributed by atoms with Crippen LogP contribution in [0.25, 0.3) is 27.7 Å². The van der Waals surface area contributed by atoms with Gasteiger partial charge in [0.05, 0.1) is 16.6 Å². The molecule has 0 aliphatic heterocycles. The maximum atomic E-state index is 13.3. The van der Waals surface area contributed by atoms with Crippen LogP contribution in [0.5, 0.6) is 0 Å². The Morgan fingerprint density at radius 3 is 2.66 bits per heavy atom. The molecule has 5 heteroatoms. The van der Waals surface area contributed by atoms with E-state index in [0.29, 0.717) is 11.3 Å². The highest BCUT2D eigenvalue weighted by Crippen LogP contribution is 2.33. The van der Waals surface area contributed by atoms with Crippen LogP contribution in [0.2, 0.25) is 0 Å². The van der Waals surface area contributed by atoms with E-state index in [2.05, 4.69) is 26.0 Å². The van der Waals surface area contributed by atoms with Gasteiger partial charge in [-0.3, -0.25) is 4.79 Å². The van der Waals surface area contributed by atoms with Gasteiger partial charge in [-0.2, -0.15) is 5.10 Å². The minimum Gasteiger partial charge on any atom is -0.312 e. The van der Waals surface area contributed by atoms with Crippen LogP contribution in [0.15, 0.2) is 53.6 Å². The standard InChI is InChI=1S/C24H26N4O/c1-3-19-22(17-10-5-4-6-11-17)23-25-15-18-21(28(23)26-19)13-14-27(24(18)29)20-12-8-7-9-16(20)2/h4-6,10-11,13-16,20H,3,7-9,12H2,1-2H3/t16-,20+/m0/s1. The molecule has 5 rings (SSSR count). The Hall–Kier alpha value is -2.95. The second-order valence-electron chi connectivity index (χ2n) is 8.19. The molecule has 3 heterocycles. The van der Waals surface area contributed by atoms with Gasteiger partial charge < -0.3 is 4.57 Å². The second-order valence-corrected chi connectivity index (χ2v) is 8.19. The number of aromatic nitrogens is 4. The van der Waals surface area contributed by atoms with Crippen LogP contribution >= 0.6 is 0 Å². The molecule has 5 nitrogen and oxygen atoms in total. The Kier molecular flexibility index (Phi) is 4.46. The second kappa shape index (κ2) is 7.14. The van der Waals surface area contributed by atoms with Gasteiger partial charge in [-0.15, -0.1) is 0 Å². The summed E-state index contributed by atoms with van der Waals surface area (Å²) in [5, 5.41) is 5.48. The lowest BCUT2D eigenvalue weighted by Crippen LogP contribution is -2.30. The highest BCUT2D eigenvalue weighted by Gasteiger charge is 2.25. The largest absolute Gasteiger partial charge is 0.312 e. The third-order valence-corrected chi connectivity index (χ3v) is 6.43. The maximum Gasteiger partial charge on any atom is 0.261 e. The number of hydrogen-bond acceptors (Lipinski definition) is 3. The smallest absolute Gasteiger partial charge is 0.261 e. The number of benzene rings is 1. The van der Waals surface area contributed by atoms with E-state index in [0.717, 1.165) is 40.8 Å². The third-order valence-electron chi connectivity index (χ3n) is 6.43. The maximum absolute atomic E-state index is 13.3. The zero-order valence-corrected chi connectivity index (χ0v) is 17.0. The molecule has 0 spiro atoms. The van der Waals surface area contributed by atoms with Crippen molar-refractivity contribution in [3.8, 4) is 11.1 Å². The van der Waals surface area contributed by atoms with E-state index in [-0.39, 0.29) is 11.6 Å². The number of aryl methyl sites for hydroxylation is 1. The van der Waals surface area contributed by atoms with Gasteiger partial charge in [0.2, 0.25) is 0 Å². The van der Waals surface area contributed by atoms with E-state index in [1.54, 1.807) is 6.20 Å². The number of hydrogen-bond donors (Lipinski definition) is 0. The molecule has 0 N–H and O–H groups in total. The van der Waals surface area contributed by atoms with Crippen LogP contribution in [-0.4, -0.2) is 19.2 Å². The summed E-state index contributed by atoms with van der Waals surface area (Å²) in [7, 11) is 0. The summed E-state index contributed by atoms with van der Waals surface area (Å²) >= 11 is 0. The Labute approximate surface area is 170 Å². The van der Waals surface area contributed by atoms with Gasteiger partial charge in [0.1, 0.15) is 0 Å². The molecule has 1 aromatic carbocycles. The van der Waals surface area contributed by atoms with E-state index in [9.17, 15) is 4.79 Å². The number of fused-ring (bicyclic) bond motifs is 3. The van der Waals surface area contributed by atoms with Crippen molar-refractivity contribution in [3.63, 3.8) is 0 Å². The molecule has 0 bridgehead atoms. The fourth-order valence-electron chi connectivity index (χ4n) is 4.85. The average molecular weight is 386 g/mol. The Morgan fingerprint density at radius 2 is 1.90 bits per heavy atom. The van der Waals surface area contributed by atoms with E-state index in [1.807, 2.05) is 39.5 Å². The van der Waals surface area contributed by atoms with Crippen LogP contribution in [0.1, 0.15) is 51.3 Å². The summed E-state index contributed by atoms with van der Waals surface area (Å²) in [6, 6.07) is 12.6. The van der Waals surface area contributed by atoms with Crippen LogP contribution in [-0.2, 0) is 6.42 Å². The van der Waals surface area contributed by atoms with E-state index in [4.69, 9.17) is 10.1 Å². The first-order valence-corrected chi connectivity index (χ1v) is 10.7. The minimum absolute atomic E-state index is 0.0467. The molecule has 1 aliphatic carbocycles. The van der Waals surface area contributed by atoms with Crippen molar-refractivity contribution in [2.75, 3.05) is 0 Å². The van der Waals surface area contributed by atoms with Crippen molar-refractivity contribution < 1.29 is 0 Å². The SMILES string of the molecule is CCc1nn2c(ncc3c(=O)n([C@@H]4CCCC[C@@H]4C)ccc32)c1-c1ccccc1. The predicted molar refractivity (Wildman–Crippen MR) is 116 cm³/mol. The fraction of sp³-hybridized carbons (Fsp3) is 0.375. The molecular weight excluding hydrogens is 360 g/mol. The van der Waals surface area contributed by atoms with Gasteiger partial charge in [0.15, 0.2) is 5.65 Å². The molecule has 29 heavy (non-hydrogen) atoms. The zero-order valence-electron chi connectivity index (χ0n) is 17.0. The number of rotatable bonds is 3. The molecule has 3 aromatic heterocycles. The Bertz CT molecular complexity index is 1240. The zero-order chi connectivity index (χ0) is 20.0. The van der Waals surface area contributed by atoms with Crippen molar-refractivity contribution in [3.05, 3.63) is 64.8 Å². The van der Waals surface area contributed by atoms with E-state index in [1.165, 1.54) is 19.3 Å². The van der Waals surface area contributed by atoms with Gasteiger partial charge in [-0.1, -0.05) is 57.0 Å². The average Bonchev–Trinajstić information content (AvgIpc) is 3.14. The summed E-state index contributed by atoms with van der Waals surface area (Å²) in [6.07, 6.45) is 9.23. The third kappa shape index (κ3) is 2.87. The normalized spacial score (nSPS) is 19.8. The molecule has 148 valence electrons. The van der Waals surface area contributed by atoms with Crippen molar-refractivity contribution in [2.45, 2.75) is 52.0 Å². The molecule has 0 radical (unpaired) electrons. The molecule has 0 saturated heterocycles. The summed E-state index contributed by atoms with van der Waals surface area (Å²) < 4.78 is 3.79.